The van der Waals surface area contributed by atoms with Crippen LogP contribution in [0, 0.1) is 5.92 Å². The topological polar surface area (TPSA) is 113 Å². The number of likely N-dealkylation sites (N-methyl/N-ethyl adjacent to an activating group) is 1. The van der Waals surface area contributed by atoms with E-state index in [1.54, 1.807) is 42.0 Å². The van der Waals surface area contributed by atoms with Crippen molar-refractivity contribution in [2.45, 2.75) is 39.3 Å². The van der Waals surface area contributed by atoms with Gasteiger partial charge in [-0.2, -0.15) is 12.7 Å². The third kappa shape index (κ3) is 6.35. The van der Waals surface area contributed by atoms with Crippen LogP contribution in [0.3, 0.4) is 0 Å². The molecule has 0 saturated heterocycles. The molecule has 0 spiro atoms. The molecule has 0 bridgehead atoms. The van der Waals surface area contributed by atoms with Gasteiger partial charge in [0.2, 0.25) is 0 Å². The summed E-state index contributed by atoms with van der Waals surface area (Å²) in [4.78, 5) is 23.2. The molecule has 1 aromatic rings. The fraction of sp³-hybridized carbons (Fsp3) is 0.500. The Kier molecular flexibility index (Phi) is 7.85. The Morgan fingerprint density at radius 2 is 1.88 bits per heavy atom. The lowest BCUT2D eigenvalue weighted by Crippen LogP contribution is -2.51. The Labute approximate surface area is 148 Å². The van der Waals surface area contributed by atoms with Crippen molar-refractivity contribution in [3.63, 3.8) is 0 Å². The molecule has 9 heteroatoms. The first-order valence-corrected chi connectivity index (χ1v) is 9.32. The van der Waals surface area contributed by atoms with Gasteiger partial charge >= 0.3 is 22.3 Å². The summed E-state index contributed by atoms with van der Waals surface area (Å²) in [5.41, 5.74) is 0.698. The van der Waals surface area contributed by atoms with Crippen LogP contribution < -0.4 is 4.72 Å². The van der Waals surface area contributed by atoms with Gasteiger partial charge in [0.1, 0.15) is 12.6 Å². The molecular weight excluding hydrogens is 348 g/mol. The van der Waals surface area contributed by atoms with Gasteiger partial charge in [0.05, 0.1) is 0 Å². The Balaban J connectivity index is 2.74. The van der Waals surface area contributed by atoms with E-state index in [2.05, 4.69) is 0 Å². The standard InChI is InChI=1S/C16H24N2O6S/c1-4-8-12(2)14(15(19)20)18(3)25(22,23)17-16(21)24-11-13-9-6-5-7-10-13/h5-7,9-10,12,14H,4,8,11H2,1-3H3,(H,17,21)(H,19,20). The number of hydrogen-bond donors (Lipinski definition) is 2. The number of benzene rings is 1. The first-order valence-electron chi connectivity index (χ1n) is 7.88. The molecule has 8 nitrogen and oxygen atoms in total. The fourth-order valence-electron chi connectivity index (χ4n) is 2.45. The highest BCUT2D eigenvalue weighted by Gasteiger charge is 2.36. The van der Waals surface area contributed by atoms with Crippen molar-refractivity contribution in [2.24, 2.45) is 5.92 Å². The molecule has 1 aromatic carbocycles. The zero-order valence-corrected chi connectivity index (χ0v) is 15.3. The number of hydrogen-bond acceptors (Lipinski definition) is 5. The van der Waals surface area contributed by atoms with Crippen molar-refractivity contribution in [3.8, 4) is 0 Å². The second-order valence-electron chi connectivity index (χ2n) is 5.73. The molecule has 2 unspecified atom stereocenters. The summed E-state index contributed by atoms with van der Waals surface area (Å²) in [6, 6.07) is 7.48. The van der Waals surface area contributed by atoms with Gasteiger partial charge < -0.3 is 9.84 Å². The number of aliphatic carboxylic acids is 1. The largest absolute Gasteiger partial charge is 0.480 e. The summed E-state index contributed by atoms with van der Waals surface area (Å²) in [6.45, 7) is 3.44. The molecule has 25 heavy (non-hydrogen) atoms. The number of carboxylic acid groups (broad SMARTS) is 1. The summed E-state index contributed by atoms with van der Waals surface area (Å²) >= 11 is 0. The predicted octanol–water partition coefficient (Wildman–Crippen LogP) is 1.98. The zero-order valence-electron chi connectivity index (χ0n) is 14.5. The average molecular weight is 372 g/mol. The van der Waals surface area contributed by atoms with E-state index < -0.39 is 34.2 Å². The van der Waals surface area contributed by atoms with E-state index in [9.17, 15) is 23.1 Å². The molecule has 2 N–H and O–H groups in total. The third-order valence-corrected chi connectivity index (χ3v) is 5.14. The van der Waals surface area contributed by atoms with E-state index in [0.717, 1.165) is 7.05 Å². The minimum atomic E-state index is -4.34. The van der Waals surface area contributed by atoms with Crippen molar-refractivity contribution in [3.05, 3.63) is 35.9 Å². The molecule has 0 aliphatic carbocycles. The second-order valence-corrected chi connectivity index (χ2v) is 7.46. The van der Waals surface area contributed by atoms with Gasteiger partial charge in [0, 0.05) is 7.05 Å². The third-order valence-electron chi connectivity index (χ3n) is 3.73. The number of carboxylic acids is 1. The SMILES string of the molecule is CCCC(C)C(C(=O)O)N(C)S(=O)(=O)NC(=O)OCc1ccccc1. The molecule has 140 valence electrons. The first-order chi connectivity index (χ1) is 11.7. The highest BCUT2D eigenvalue weighted by atomic mass is 32.2. The quantitative estimate of drug-likeness (QED) is 0.685. The lowest BCUT2D eigenvalue weighted by Gasteiger charge is -2.28. The number of ether oxygens (including phenoxy) is 1. The van der Waals surface area contributed by atoms with Crippen molar-refractivity contribution >= 4 is 22.3 Å². The molecule has 2 atom stereocenters. The minimum absolute atomic E-state index is 0.0967. The van der Waals surface area contributed by atoms with E-state index in [1.807, 2.05) is 6.92 Å². The van der Waals surface area contributed by atoms with Gasteiger partial charge in [-0.1, -0.05) is 50.6 Å². The van der Waals surface area contributed by atoms with E-state index in [4.69, 9.17) is 4.74 Å². The maximum atomic E-state index is 12.3. The molecule has 0 aliphatic heterocycles. The Morgan fingerprint density at radius 3 is 2.40 bits per heavy atom. The van der Waals surface area contributed by atoms with Gasteiger partial charge in [0.15, 0.2) is 0 Å². The van der Waals surface area contributed by atoms with Gasteiger partial charge in [-0.05, 0) is 17.9 Å². The molecule has 1 rings (SSSR count). The highest BCUT2D eigenvalue weighted by molar-refractivity contribution is 7.87. The van der Waals surface area contributed by atoms with Crippen LogP contribution in [-0.4, -0.2) is 43.0 Å². The highest BCUT2D eigenvalue weighted by Crippen LogP contribution is 2.18. The van der Waals surface area contributed by atoms with Crippen molar-refractivity contribution in [2.75, 3.05) is 7.05 Å². The number of carbonyl (C=O) groups is 2. The van der Waals surface area contributed by atoms with Crippen LogP contribution in [0.15, 0.2) is 30.3 Å². The Morgan fingerprint density at radius 1 is 1.28 bits per heavy atom. The van der Waals surface area contributed by atoms with Gasteiger partial charge in [0.25, 0.3) is 0 Å². The molecule has 0 fully saturated rings. The summed E-state index contributed by atoms with van der Waals surface area (Å²) in [5, 5.41) is 9.34. The molecule has 0 aromatic heterocycles. The number of nitrogens with one attached hydrogen (secondary N) is 1. The van der Waals surface area contributed by atoms with Crippen LogP contribution in [0.2, 0.25) is 0 Å². The Bertz CT molecular complexity index is 677. The summed E-state index contributed by atoms with van der Waals surface area (Å²) < 4.78 is 31.8. The average Bonchev–Trinajstić information content (AvgIpc) is 2.53. The first kappa shape index (κ1) is 20.9. The number of amides is 1. The van der Waals surface area contributed by atoms with Crippen LogP contribution in [0.1, 0.15) is 32.3 Å². The van der Waals surface area contributed by atoms with Crippen molar-refractivity contribution in [1.82, 2.24) is 9.03 Å². The van der Waals surface area contributed by atoms with Gasteiger partial charge in [-0.25, -0.2) is 9.52 Å². The molecule has 1 amide bonds. The van der Waals surface area contributed by atoms with E-state index in [0.29, 0.717) is 22.7 Å². The zero-order chi connectivity index (χ0) is 19.0. The smallest absolute Gasteiger partial charge is 0.422 e. The normalized spacial score (nSPS) is 13.9. The van der Waals surface area contributed by atoms with Gasteiger partial charge in [-0.3, -0.25) is 4.79 Å². The van der Waals surface area contributed by atoms with Crippen molar-refractivity contribution in [1.29, 1.82) is 0 Å². The molecule has 0 radical (unpaired) electrons. The summed E-state index contributed by atoms with van der Waals surface area (Å²) in [7, 11) is -3.22. The minimum Gasteiger partial charge on any atom is -0.480 e. The van der Waals surface area contributed by atoms with Crippen LogP contribution in [0.5, 0.6) is 0 Å². The monoisotopic (exact) mass is 372 g/mol. The summed E-state index contributed by atoms with van der Waals surface area (Å²) in [5.74, 6) is -1.68. The number of rotatable bonds is 9. The lowest BCUT2D eigenvalue weighted by atomic mass is 9.97. The van der Waals surface area contributed by atoms with E-state index in [1.165, 1.54) is 0 Å². The number of carbonyl (C=O) groups excluding carboxylic acids is 1. The molecule has 0 aliphatic rings. The second kappa shape index (κ2) is 9.38. The summed E-state index contributed by atoms with van der Waals surface area (Å²) in [6.07, 6.45) is 0.0868. The van der Waals surface area contributed by atoms with Crippen molar-refractivity contribution < 1.29 is 27.9 Å². The molecule has 0 heterocycles. The van der Waals surface area contributed by atoms with Crippen LogP contribution in [0.25, 0.3) is 0 Å². The van der Waals surface area contributed by atoms with Crippen LogP contribution in [0.4, 0.5) is 4.79 Å². The lowest BCUT2D eigenvalue weighted by molar-refractivity contribution is -0.142. The van der Waals surface area contributed by atoms with Crippen LogP contribution >= 0.6 is 0 Å². The maximum absolute atomic E-state index is 12.3. The predicted molar refractivity (Wildman–Crippen MR) is 91.9 cm³/mol. The van der Waals surface area contributed by atoms with E-state index in [-0.39, 0.29) is 6.61 Å². The molecule has 0 saturated carbocycles. The maximum Gasteiger partial charge on any atom is 0.422 e. The molecular formula is C16H24N2O6S. The fourth-order valence-corrected chi connectivity index (χ4v) is 3.46. The number of nitrogens with zero attached hydrogens (tertiary/aromatic N) is 1. The van der Waals surface area contributed by atoms with Gasteiger partial charge in [-0.15, -0.1) is 0 Å². The Hall–Kier alpha value is -2.13. The van der Waals surface area contributed by atoms with Crippen LogP contribution in [-0.2, 0) is 26.3 Å². The van der Waals surface area contributed by atoms with E-state index >= 15 is 0 Å².